The molecule has 0 aliphatic carbocycles. The maximum absolute atomic E-state index is 11.4. The number of hydrogen-bond donors (Lipinski definition) is 3. The van der Waals surface area contributed by atoms with Gasteiger partial charge in [-0.3, -0.25) is 9.59 Å². The van der Waals surface area contributed by atoms with E-state index in [4.69, 9.17) is 15.6 Å². The molecule has 0 saturated heterocycles. The van der Waals surface area contributed by atoms with E-state index in [9.17, 15) is 9.59 Å². The summed E-state index contributed by atoms with van der Waals surface area (Å²) >= 11 is 0. The Morgan fingerprint density at radius 1 is 1.29 bits per heavy atom. The van der Waals surface area contributed by atoms with Gasteiger partial charge in [-0.2, -0.15) is 0 Å². The van der Waals surface area contributed by atoms with Gasteiger partial charge >= 0.3 is 0 Å². The fraction of sp³-hybridized carbons (Fsp3) is 0.273. The Morgan fingerprint density at radius 3 is 2.47 bits per heavy atom. The van der Waals surface area contributed by atoms with E-state index in [-0.39, 0.29) is 25.7 Å². The topological polar surface area (TPSA) is 102 Å². The van der Waals surface area contributed by atoms with Gasteiger partial charge in [0, 0.05) is 12.1 Å². The molecule has 1 aromatic rings. The summed E-state index contributed by atoms with van der Waals surface area (Å²) in [7, 11) is 0. The monoisotopic (exact) mass is 238 g/mol. The van der Waals surface area contributed by atoms with Crippen molar-refractivity contribution in [1.29, 1.82) is 0 Å². The van der Waals surface area contributed by atoms with Gasteiger partial charge in [0.25, 0.3) is 11.8 Å². The minimum absolute atomic E-state index is 0.106. The molecule has 6 heteroatoms. The van der Waals surface area contributed by atoms with Gasteiger partial charge in [-0.25, -0.2) is 0 Å². The Morgan fingerprint density at radius 2 is 1.94 bits per heavy atom. The zero-order chi connectivity index (χ0) is 12.7. The molecule has 0 aliphatic rings. The number of primary amides is 1. The van der Waals surface area contributed by atoms with Gasteiger partial charge in [-0.15, -0.1) is 0 Å². The lowest BCUT2D eigenvalue weighted by molar-refractivity contribution is -0.119. The summed E-state index contributed by atoms with van der Waals surface area (Å²) in [5.41, 5.74) is 5.37. The second-order valence-corrected chi connectivity index (χ2v) is 3.26. The van der Waals surface area contributed by atoms with Crippen LogP contribution in [0.4, 0.5) is 0 Å². The Kier molecular flexibility index (Phi) is 4.96. The molecule has 1 rings (SSSR count). The number of ether oxygens (including phenoxy) is 1. The van der Waals surface area contributed by atoms with Crippen LogP contribution in [0, 0.1) is 0 Å². The van der Waals surface area contributed by atoms with E-state index in [1.54, 1.807) is 24.3 Å². The predicted octanol–water partition coefficient (Wildman–Crippen LogP) is -0.727. The Labute approximate surface area is 98.4 Å². The number of aliphatic hydroxyl groups is 1. The van der Waals surface area contributed by atoms with Crippen molar-refractivity contribution in [1.82, 2.24) is 5.32 Å². The molecule has 6 nitrogen and oxygen atoms in total. The third-order valence-corrected chi connectivity index (χ3v) is 1.89. The van der Waals surface area contributed by atoms with Gasteiger partial charge in [-0.05, 0) is 24.3 Å². The fourth-order valence-corrected chi connectivity index (χ4v) is 1.13. The van der Waals surface area contributed by atoms with Crippen molar-refractivity contribution in [2.45, 2.75) is 0 Å². The van der Waals surface area contributed by atoms with Crippen molar-refractivity contribution in [3.05, 3.63) is 29.8 Å². The molecule has 17 heavy (non-hydrogen) atoms. The van der Waals surface area contributed by atoms with Gasteiger partial charge in [-0.1, -0.05) is 0 Å². The summed E-state index contributed by atoms with van der Waals surface area (Å²) in [6.45, 7) is -0.0969. The highest BCUT2D eigenvalue weighted by Crippen LogP contribution is 2.11. The number of nitrogens with one attached hydrogen (secondary N) is 1. The zero-order valence-corrected chi connectivity index (χ0v) is 9.18. The summed E-state index contributed by atoms with van der Waals surface area (Å²) in [6, 6.07) is 6.25. The summed E-state index contributed by atoms with van der Waals surface area (Å²) in [5, 5.41) is 11.1. The first-order valence-electron chi connectivity index (χ1n) is 5.03. The van der Waals surface area contributed by atoms with Crippen molar-refractivity contribution < 1.29 is 19.4 Å². The number of amides is 2. The van der Waals surface area contributed by atoms with Gasteiger partial charge in [0.2, 0.25) is 0 Å². The largest absolute Gasteiger partial charge is 0.484 e. The van der Waals surface area contributed by atoms with Crippen LogP contribution in [0.25, 0.3) is 0 Å². The van der Waals surface area contributed by atoms with Gasteiger partial charge in [0.15, 0.2) is 6.61 Å². The normalized spacial score (nSPS) is 9.71. The molecular formula is C11H14N2O4. The molecule has 2 amide bonds. The lowest BCUT2D eigenvalue weighted by Gasteiger charge is -2.05. The summed E-state index contributed by atoms with van der Waals surface area (Å²) in [4.78, 5) is 21.9. The van der Waals surface area contributed by atoms with E-state index in [1.807, 2.05) is 0 Å². The average Bonchev–Trinajstić information content (AvgIpc) is 2.34. The van der Waals surface area contributed by atoms with Crippen molar-refractivity contribution >= 4 is 11.8 Å². The minimum Gasteiger partial charge on any atom is -0.484 e. The molecule has 0 bridgehead atoms. The SMILES string of the molecule is NC(=O)COc1ccc(C(=O)NCCO)cc1. The minimum atomic E-state index is -0.560. The highest BCUT2D eigenvalue weighted by atomic mass is 16.5. The lowest BCUT2D eigenvalue weighted by atomic mass is 10.2. The first-order valence-corrected chi connectivity index (χ1v) is 5.03. The van der Waals surface area contributed by atoms with Gasteiger partial charge in [0.1, 0.15) is 5.75 Å². The number of hydrogen-bond acceptors (Lipinski definition) is 4. The van der Waals surface area contributed by atoms with E-state index in [0.717, 1.165) is 0 Å². The maximum Gasteiger partial charge on any atom is 0.255 e. The van der Waals surface area contributed by atoms with Crippen LogP contribution in [0.1, 0.15) is 10.4 Å². The second-order valence-electron chi connectivity index (χ2n) is 3.26. The number of benzene rings is 1. The number of nitrogens with two attached hydrogens (primary N) is 1. The van der Waals surface area contributed by atoms with Gasteiger partial charge < -0.3 is 20.9 Å². The molecule has 92 valence electrons. The molecule has 0 fully saturated rings. The molecule has 0 aliphatic heterocycles. The van der Waals surface area contributed by atoms with Crippen molar-refractivity contribution in [2.75, 3.05) is 19.8 Å². The third kappa shape index (κ3) is 4.52. The summed E-state index contributed by atoms with van der Waals surface area (Å²) < 4.78 is 5.04. The van der Waals surface area contributed by atoms with Crippen LogP contribution in [0.15, 0.2) is 24.3 Å². The molecule has 0 unspecified atom stereocenters. The summed E-state index contributed by atoms with van der Waals surface area (Å²) in [6.07, 6.45) is 0. The molecule has 0 radical (unpaired) electrons. The molecule has 0 atom stereocenters. The Balaban J connectivity index is 2.55. The second kappa shape index (κ2) is 6.49. The molecule has 0 heterocycles. The fourth-order valence-electron chi connectivity index (χ4n) is 1.13. The highest BCUT2D eigenvalue weighted by molar-refractivity contribution is 5.94. The molecule has 0 saturated carbocycles. The predicted molar refractivity (Wildman–Crippen MR) is 60.6 cm³/mol. The van der Waals surface area contributed by atoms with E-state index < -0.39 is 5.91 Å². The Hall–Kier alpha value is -2.08. The first-order chi connectivity index (χ1) is 8.13. The standard InChI is InChI=1S/C11H14N2O4/c12-10(15)7-17-9-3-1-8(2-4-9)11(16)13-5-6-14/h1-4,14H,5-7H2,(H2,12,15)(H,13,16). The van der Waals surface area contributed by atoms with E-state index in [2.05, 4.69) is 5.32 Å². The van der Waals surface area contributed by atoms with Crippen LogP contribution < -0.4 is 15.8 Å². The van der Waals surface area contributed by atoms with E-state index in [0.29, 0.717) is 11.3 Å². The first kappa shape index (κ1) is 13.0. The van der Waals surface area contributed by atoms with Crippen molar-refractivity contribution in [3.63, 3.8) is 0 Å². The smallest absolute Gasteiger partial charge is 0.255 e. The van der Waals surface area contributed by atoms with Crippen LogP contribution in [-0.2, 0) is 4.79 Å². The van der Waals surface area contributed by atoms with Crippen LogP contribution >= 0.6 is 0 Å². The molecule has 0 aromatic heterocycles. The zero-order valence-electron chi connectivity index (χ0n) is 9.18. The van der Waals surface area contributed by atoms with Crippen LogP contribution in [0.5, 0.6) is 5.75 Å². The quantitative estimate of drug-likeness (QED) is 0.608. The molecule has 0 spiro atoms. The van der Waals surface area contributed by atoms with E-state index in [1.165, 1.54) is 0 Å². The maximum atomic E-state index is 11.4. The molecule has 4 N–H and O–H groups in total. The number of carbonyl (C=O) groups excluding carboxylic acids is 2. The highest BCUT2D eigenvalue weighted by Gasteiger charge is 2.04. The number of carbonyl (C=O) groups is 2. The van der Waals surface area contributed by atoms with Crippen LogP contribution in [0.2, 0.25) is 0 Å². The van der Waals surface area contributed by atoms with Crippen molar-refractivity contribution in [3.8, 4) is 5.75 Å². The summed E-state index contributed by atoms with van der Waals surface area (Å²) in [5.74, 6) is -0.377. The van der Waals surface area contributed by atoms with Crippen LogP contribution in [0.3, 0.4) is 0 Å². The average molecular weight is 238 g/mol. The van der Waals surface area contributed by atoms with Crippen molar-refractivity contribution in [2.24, 2.45) is 5.73 Å². The Bertz CT molecular complexity index is 389. The molecule has 1 aromatic carbocycles. The van der Waals surface area contributed by atoms with E-state index >= 15 is 0 Å². The molecular weight excluding hydrogens is 224 g/mol. The number of rotatable bonds is 6. The third-order valence-electron chi connectivity index (χ3n) is 1.89. The van der Waals surface area contributed by atoms with Crippen LogP contribution in [-0.4, -0.2) is 36.7 Å². The lowest BCUT2D eigenvalue weighted by Crippen LogP contribution is -2.26. The number of aliphatic hydroxyl groups excluding tert-OH is 1. The van der Waals surface area contributed by atoms with Gasteiger partial charge in [0.05, 0.1) is 6.61 Å².